The van der Waals surface area contributed by atoms with Crippen LogP contribution in [-0.4, -0.2) is 31.6 Å². The molecule has 0 spiro atoms. The number of rotatable bonds is 8. The van der Waals surface area contributed by atoms with Crippen molar-refractivity contribution in [3.63, 3.8) is 0 Å². The van der Waals surface area contributed by atoms with Crippen LogP contribution in [-0.2, 0) is 17.8 Å². The van der Waals surface area contributed by atoms with Crippen LogP contribution < -0.4 is 10.9 Å². The second-order valence-corrected chi connectivity index (χ2v) is 9.34. The number of hydrogen-bond acceptors (Lipinski definition) is 4. The Labute approximate surface area is 213 Å². The van der Waals surface area contributed by atoms with Crippen molar-refractivity contribution in [3.8, 4) is 0 Å². The maximum atomic E-state index is 13.3. The summed E-state index contributed by atoms with van der Waals surface area (Å²) in [5.74, 6) is 1.25. The zero-order valence-electron chi connectivity index (χ0n) is 19.9. The molecule has 5 rings (SSSR count). The average Bonchev–Trinajstić information content (AvgIpc) is 3.34. The quantitative estimate of drug-likeness (QED) is 0.338. The SMILES string of the molecule is C[C@@H](CNC(=O)CCc1nnc2n(Cc3ccc(Cl)cc3)c(=O)c3ccccc3n12)c1ccccc1. The van der Waals surface area contributed by atoms with Crippen molar-refractivity contribution in [2.24, 2.45) is 0 Å². The van der Waals surface area contributed by atoms with Gasteiger partial charge >= 0.3 is 0 Å². The molecular formula is C28H26ClN5O2. The van der Waals surface area contributed by atoms with Crippen LogP contribution >= 0.6 is 11.6 Å². The van der Waals surface area contributed by atoms with Gasteiger partial charge in [-0.25, -0.2) is 0 Å². The van der Waals surface area contributed by atoms with E-state index in [1.54, 1.807) is 22.8 Å². The van der Waals surface area contributed by atoms with Crippen LogP contribution in [0.5, 0.6) is 0 Å². The number of halogens is 1. The number of amides is 1. The molecule has 0 saturated carbocycles. The van der Waals surface area contributed by atoms with Gasteiger partial charge in [-0.2, -0.15) is 0 Å². The van der Waals surface area contributed by atoms with E-state index in [9.17, 15) is 9.59 Å². The van der Waals surface area contributed by atoms with Crippen LogP contribution in [0.15, 0.2) is 83.7 Å². The van der Waals surface area contributed by atoms with Gasteiger partial charge < -0.3 is 5.32 Å². The number of aromatic nitrogens is 4. The Morgan fingerprint density at radius 2 is 1.69 bits per heavy atom. The minimum Gasteiger partial charge on any atom is -0.355 e. The number of para-hydroxylation sites is 1. The number of benzene rings is 3. The van der Waals surface area contributed by atoms with Crippen molar-refractivity contribution >= 4 is 34.2 Å². The Bertz CT molecular complexity index is 1580. The van der Waals surface area contributed by atoms with Crippen LogP contribution in [0.3, 0.4) is 0 Å². The number of nitrogens with zero attached hydrogens (tertiary/aromatic N) is 4. The second kappa shape index (κ2) is 10.3. The lowest BCUT2D eigenvalue weighted by Gasteiger charge is -2.13. The molecule has 36 heavy (non-hydrogen) atoms. The van der Waals surface area contributed by atoms with Gasteiger partial charge in [-0.05, 0) is 41.3 Å². The Balaban J connectivity index is 1.39. The molecule has 0 radical (unpaired) electrons. The molecule has 0 fully saturated rings. The lowest BCUT2D eigenvalue weighted by molar-refractivity contribution is -0.121. The fraction of sp³-hybridized carbons (Fsp3) is 0.214. The number of hydrogen-bond donors (Lipinski definition) is 1. The van der Waals surface area contributed by atoms with E-state index in [1.165, 1.54) is 5.56 Å². The Kier molecular flexibility index (Phi) is 6.82. The normalized spacial score (nSPS) is 12.2. The van der Waals surface area contributed by atoms with E-state index < -0.39 is 0 Å². The molecule has 3 aromatic carbocycles. The smallest absolute Gasteiger partial charge is 0.263 e. The van der Waals surface area contributed by atoms with Crippen molar-refractivity contribution in [2.45, 2.75) is 32.2 Å². The Morgan fingerprint density at radius 1 is 0.972 bits per heavy atom. The maximum Gasteiger partial charge on any atom is 0.263 e. The van der Waals surface area contributed by atoms with Gasteiger partial charge in [0.2, 0.25) is 11.7 Å². The lowest BCUT2D eigenvalue weighted by atomic mass is 10.0. The number of fused-ring (bicyclic) bond motifs is 3. The molecule has 0 aliphatic heterocycles. The summed E-state index contributed by atoms with van der Waals surface area (Å²) in [5, 5.41) is 13.0. The number of aryl methyl sites for hydroxylation is 1. The van der Waals surface area contributed by atoms with Crippen LogP contribution in [0.25, 0.3) is 16.7 Å². The molecule has 0 saturated heterocycles. The summed E-state index contributed by atoms with van der Waals surface area (Å²) >= 11 is 6.03. The van der Waals surface area contributed by atoms with Gasteiger partial charge in [0.15, 0.2) is 0 Å². The Morgan fingerprint density at radius 3 is 2.47 bits per heavy atom. The van der Waals surface area contributed by atoms with Crippen LogP contribution in [0.1, 0.15) is 36.2 Å². The summed E-state index contributed by atoms with van der Waals surface area (Å²) in [5.41, 5.74) is 2.70. The summed E-state index contributed by atoms with van der Waals surface area (Å²) < 4.78 is 3.50. The van der Waals surface area contributed by atoms with Gasteiger partial charge in [0.25, 0.3) is 5.56 Å². The van der Waals surface area contributed by atoms with Gasteiger partial charge in [0, 0.05) is 24.4 Å². The summed E-state index contributed by atoms with van der Waals surface area (Å²) in [6, 6.07) is 24.9. The molecule has 1 N–H and O–H groups in total. The van der Waals surface area contributed by atoms with E-state index >= 15 is 0 Å². The monoisotopic (exact) mass is 499 g/mol. The zero-order valence-corrected chi connectivity index (χ0v) is 20.7. The van der Waals surface area contributed by atoms with Crippen LogP contribution in [0.2, 0.25) is 5.02 Å². The van der Waals surface area contributed by atoms with E-state index in [4.69, 9.17) is 11.6 Å². The van der Waals surface area contributed by atoms with Gasteiger partial charge in [-0.15, -0.1) is 10.2 Å². The second-order valence-electron chi connectivity index (χ2n) is 8.90. The van der Waals surface area contributed by atoms with E-state index in [0.29, 0.717) is 41.5 Å². The predicted octanol–water partition coefficient (Wildman–Crippen LogP) is 4.60. The summed E-state index contributed by atoms with van der Waals surface area (Å²) in [4.78, 5) is 26.0. The highest BCUT2D eigenvalue weighted by Gasteiger charge is 2.17. The molecule has 0 aliphatic rings. The number of carbonyl (C=O) groups is 1. The van der Waals surface area contributed by atoms with Crippen molar-refractivity contribution < 1.29 is 4.79 Å². The van der Waals surface area contributed by atoms with Gasteiger partial charge in [-0.1, -0.05) is 73.1 Å². The fourth-order valence-electron chi connectivity index (χ4n) is 4.37. The third kappa shape index (κ3) is 4.88. The highest BCUT2D eigenvalue weighted by molar-refractivity contribution is 6.30. The predicted molar refractivity (Wildman–Crippen MR) is 141 cm³/mol. The highest BCUT2D eigenvalue weighted by Crippen LogP contribution is 2.18. The molecule has 2 heterocycles. The molecule has 0 unspecified atom stereocenters. The van der Waals surface area contributed by atoms with Crippen molar-refractivity contribution in [2.75, 3.05) is 6.54 Å². The van der Waals surface area contributed by atoms with Crippen molar-refractivity contribution in [1.82, 2.24) is 24.5 Å². The first-order chi connectivity index (χ1) is 17.5. The molecule has 1 atom stereocenters. The first-order valence-electron chi connectivity index (χ1n) is 11.9. The van der Waals surface area contributed by atoms with E-state index in [0.717, 1.165) is 11.1 Å². The first-order valence-corrected chi connectivity index (χ1v) is 12.3. The number of carbonyl (C=O) groups excluding carboxylic acids is 1. The maximum absolute atomic E-state index is 13.3. The van der Waals surface area contributed by atoms with E-state index in [1.807, 2.05) is 52.9 Å². The molecule has 182 valence electrons. The molecule has 0 aliphatic carbocycles. The first kappa shape index (κ1) is 23.8. The molecule has 5 aromatic rings. The van der Waals surface area contributed by atoms with Crippen molar-refractivity contribution in [3.05, 3.63) is 111 Å². The minimum atomic E-state index is -0.139. The van der Waals surface area contributed by atoms with Gasteiger partial charge in [0.05, 0.1) is 17.4 Å². The summed E-state index contributed by atoms with van der Waals surface area (Å²) in [7, 11) is 0. The van der Waals surface area contributed by atoms with Crippen LogP contribution in [0.4, 0.5) is 0 Å². The number of nitrogens with one attached hydrogen (secondary N) is 1. The minimum absolute atomic E-state index is 0.0478. The summed E-state index contributed by atoms with van der Waals surface area (Å²) in [6.07, 6.45) is 0.669. The standard InChI is InChI=1S/C28H26ClN5O2/c1-19(21-7-3-2-4-8-21)17-30-26(35)16-15-25-31-32-28-33(18-20-11-13-22(29)14-12-20)27(36)23-9-5-6-10-24(23)34(25)28/h2-14,19H,15-18H2,1H3,(H,30,35)/t19-/m0/s1. The molecule has 8 heteroatoms. The third-order valence-corrected chi connectivity index (χ3v) is 6.63. The molecular weight excluding hydrogens is 474 g/mol. The van der Waals surface area contributed by atoms with E-state index in [2.05, 4.69) is 34.6 Å². The topological polar surface area (TPSA) is 81.3 Å². The van der Waals surface area contributed by atoms with E-state index in [-0.39, 0.29) is 23.8 Å². The van der Waals surface area contributed by atoms with Crippen LogP contribution in [0, 0.1) is 0 Å². The lowest BCUT2D eigenvalue weighted by Crippen LogP contribution is -2.28. The van der Waals surface area contributed by atoms with Gasteiger partial charge in [-0.3, -0.25) is 18.6 Å². The average molecular weight is 500 g/mol. The Hall–Kier alpha value is -3.97. The summed E-state index contributed by atoms with van der Waals surface area (Å²) in [6.45, 7) is 2.99. The largest absolute Gasteiger partial charge is 0.355 e. The fourth-order valence-corrected chi connectivity index (χ4v) is 4.50. The zero-order chi connectivity index (χ0) is 25.1. The molecule has 2 aromatic heterocycles. The molecule has 1 amide bonds. The highest BCUT2D eigenvalue weighted by atomic mass is 35.5. The molecule has 0 bridgehead atoms. The van der Waals surface area contributed by atoms with Gasteiger partial charge in [0.1, 0.15) is 5.82 Å². The molecule has 7 nitrogen and oxygen atoms in total. The van der Waals surface area contributed by atoms with Crippen molar-refractivity contribution in [1.29, 1.82) is 0 Å². The third-order valence-electron chi connectivity index (χ3n) is 6.38.